The highest BCUT2D eigenvalue weighted by atomic mass is 35.5. The molecule has 3 aromatic carbocycles. The van der Waals surface area contributed by atoms with Crippen LogP contribution in [0.3, 0.4) is 0 Å². The van der Waals surface area contributed by atoms with E-state index in [4.69, 9.17) is 26.7 Å². The van der Waals surface area contributed by atoms with Crippen molar-refractivity contribution in [2.75, 3.05) is 10.2 Å². The minimum absolute atomic E-state index is 0.252. The number of halogens is 1. The van der Waals surface area contributed by atoms with E-state index in [-0.39, 0.29) is 6.01 Å². The Labute approximate surface area is 222 Å². The number of benzene rings is 3. The number of hydrogen-bond acceptors (Lipinski definition) is 8. The molecule has 3 N–H and O–H groups in total. The van der Waals surface area contributed by atoms with Crippen LogP contribution in [0.2, 0.25) is 5.02 Å². The second kappa shape index (κ2) is 9.49. The molecule has 0 fully saturated rings. The van der Waals surface area contributed by atoms with Crippen LogP contribution in [0.25, 0.3) is 16.8 Å². The molecule has 6 rings (SSSR count). The molecule has 0 bridgehead atoms. The van der Waals surface area contributed by atoms with Crippen molar-refractivity contribution in [2.24, 2.45) is 10.7 Å². The molecule has 10 nitrogen and oxygen atoms in total. The number of oxazole rings is 1. The molecule has 1 unspecified atom stereocenters. The molecule has 0 aliphatic carbocycles. The van der Waals surface area contributed by atoms with Crippen LogP contribution in [0, 0.1) is 0 Å². The van der Waals surface area contributed by atoms with Gasteiger partial charge < -0.3 is 10.2 Å². The summed E-state index contributed by atoms with van der Waals surface area (Å²) in [5, 5.41) is 7.86. The number of nitrogens with zero attached hydrogens (tertiary/aromatic N) is 6. The molecule has 1 atom stereocenters. The zero-order valence-electron chi connectivity index (χ0n) is 20.1. The molecule has 1 aliphatic heterocycles. The van der Waals surface area contributed by atoms with Gasteiger partial charge in [0.25, 0.3) is 0 Å². The van der Waals surface area contributed by atoms with Crippen molar-refractivity contribution in [2.45, 2.75) is 13.0 Å². The maximum atomic E-state index is 12.8. The number of anilines is 2. The number of fused-ring (bicyclic) bond motifs is 1. The standard InChI is InChI=1S/C27H21ClN8O2/c1-16-23(25(29)37)24(19-6-2-3-7-20(19)28)33-26(34-27-32-21-8-4-5-9-22(21)38-27)36(16)18-12-10-17(11-13-18)35-15-30-14-31-35/h2-15,24H,1H3,(H2,29,37)(H,32,33,34). The van der Waals surface area contributed by atoms with E-state index in [0.717, 1.165) is 11.4 Å². The number of aromatic nitrogens is 4. The quantitative estimate of drug-likeness (QED) is 0.336. The lowest BCUT2D eigenvalue weighted by atomic mass is 9.95. The number of nitrogens with one attached hydrogen (secondary N) is 1. The minimum atomic E-state index is -0.737. The van der Waals surface area contributed by atoms with Crippen LogP contribution < -0.4 is 16.0 Å². The summed E-state index contributed by atoms with van der Waals surface area (Å²) in [5.74, 6) is -0.209. The van der Waals surface area contributed by atoms with Gasteiger partial charge in [-0.25, -0.2) is 14.7 Å². The Kier molecular flexibility index (Phi) is 5.85. The van der Waals surface area contributed by atoms with Gasteiger partial charge in [-0.15, -0.1) is 0 Å². The van der Waals surface area contributed by atoms with Gasteiger partial charge in [-0.05, 0) is 49.4 Å². The molecule has 5 aromatic rings. The maximum absolute atomic E-state index is 12.8. The van der Waals surface area contributed by atoms with E-state index in [1.807, 2.05) is 73.7 Å². The van der Waals surface area contributed by atoms with E-state index in [1.165, 1.54) is 6.33 Å². The molecule has 0 saturated heterocycles. The average Bonchev–Trinajstić information content (AvgIpc) is 3.59. The number of guanidine groups is 1. The van der Waals surface area contributed by atoms with Crippen LogP contribution in [0.1, 0.15) is 18.5 Å². The van der Waals surface area contributed by atoms with Crippen molar-refractivity contribution < 1.29 is 9.21 Å². The summed E-state index contributed by atoms with van der Waals surface area (Å²) in [6.07, 6.45) is 3.08. The van der Waals surface area contributed by atoms with Crippen LogP contribution in [0.15, 0.2) is 106 Å². The van der Waals surface area contributed by atoms with Gasteiger partial charge in [0.15, 0.2) is 5.58 Å². The van der Waals surface area contributed by atoms with Gasteiger partial charge in [-0.2, -0.15) is 10.1 Å². The summed E-state index contributed by atoms with van der Waals surface area (Å²) in [6, 6.07) is 21.8. The molecule has 1 aliphatic rings. The summed E-state index contributed by atoms with van der Waals surface area (Å²) in [7, 11) is 0. The van der Waals surface area contributed by atoms with Gasteiger partial charge in [0.05, 0.1) is 11.3 Å². The van der Waals surface area contributed by atoms with Crippen LogP contribution in [-0.2, 0) is 4.79 Å². The number of amides is 1. The largest absolute Gasteiger partial charge is 0.423 e. The third-order valence-electron chi connectivity index (χ3n) is 6.23. The van der Waals surface area contributed by atoms with E-state index in [1.54, 1.807) is 22.0 Å². The number of aliphatic imine (C=N–C) groups is 1. The van der Waals surface area contributed by atoms with Crippen molar-refractivity contribution in [1.29, 1.82) is 0 Å². The Hall–Kier alpha value is -4.96. The fourth-order valence-corrected chi connectivity index (χ4v) is 4.72. The Morgan fingerprint density at radius 3 is 2.47 bits per heavy atom. The molecule has 188 valence electrons. The maximum Gasteiger partial charge on any atom is 0.302 e. The lowest BCUT2D eigenvalue weighted by Crippen LogP contribution is -2.41. The summed E-state index contributed by atoms with van der Waals surface area (Å²) >= 11 is 6.53. The Morgan fingerprint density at radius 1 is 1.03 bits per heavy atom. The summed E-state index contributed by atoms with van der Waals surface area (Å²) < 4.78 is 7.56. The van der Waals surface area contributed by atoms with Gasteiger partial charge in [0.2, 0.25) is 11.9 Å². The monoisotopic (exact) mass is 524 g/mol. The third kappa shape index (κ3) is 4.16. The second-order valence-electron chi connectivity index (χ2n) is 8.54. The lowest BCUT2D eigenvalue weighted by molar-refractivity contribution is -0.114. The van der Waals surface area contributed by atoms with E-state index in [9.17, 15) is 4.79 Å². The number of para-hydroxylation sites is 2. The fraction of sp³-hybridized carbons (Fsp3) is 0.0741. The Bertz CT molecular complexity index is 1670. The fourth-order valence-electron chi connectivity index (χ4n) is 4.48. The molecule has 0 saturated carbocycles. The SMILES string of the molecule is CC1=C(C(N)=O)C(c2ccccc2Cl)N=C(Nc2nc3ccccc3o2)N1c1ccc(-n2cncn2)cc1. The van der Waals surface area contributed by atoms with E-state index in [0.29, 0.717) is 38.9 Å². The number of carbonyl (C=O) groups excluding carboxylic acids is 1. The number of allylic oxidation sites excluding steroid dienone is 1. The van der Waals surface area contributed by atoms with Crippen LogP contribution in [0.5, 0.6) is 0 Å². The molecule has 0 radical (unpaired) electrons. The van der Waals surface area contributed by atoms with Gasteiger partial charge in [0.1, 0.15) is 24.2 Å². The van der Waals surface area contributed by atoms with Crippen molar-refractivity contribution in [1.82, 2.24) is 19.7 Å². The van der Waals surface area contributed by atoms with Gasteiger partial charge >= 0.3 is 6.01 Å². The highest BCUT2D eigenvalue weighted by Crippen LogP contribution is 2.39. The zero-order chi connectivity index (χ0) is 26.2. The zero-order valence-corrected chi connectivity index (χ0v) is 20.9. The second-order valence-corrected chi connectivity index (χ2v) is 8.95. The molecule has 2 aromatic heterocycles. The first-order valence-corrected chi connectivity index (χ1v) is 12.1. The molecule has 1 amide bonds. The van der Waals surface area contributed by atoms with Gasteiger partial charge in [-0.3, -0.25) is 15.0 Å². The number of primary amides is 1. The first-order chi connectivity index (χ1) is 18.5. The smallest absolute Gasteiger partial charge is 0.302 e. The topological polar surface area (TPSA) is 127 Å². The van der Waals surface area contributed by atoms with Crippen LogP contribution in [0.4, 0.5) is 11.7 Å². The Balaban J connectivity index is 1.48. The van der Waals surface area contributed by atoms with Crippen molar-refractivity contribution in [3.8, 4) is 5.69 Å². The predicted octanol–water partition coefficient (Wildman–Crippen LogP) is 4.85. The molecule has 0 spiro atoms. The molecule has 3 heterocycles. The first kappa shape index (κ1) is 23.4. The average molecular weight is 525 g/mol. The summed E-state index contributed by atoms with van der Waals surface area (Å²) in [5.41, 5.74) is 10.3. The van der Waals surface area contributed by atoms with Gasteiger partial charge in [-0.1, -0.05) is 41.9 Å². The van der Waals surface area contributed by atoms with Crippen molar-refractivity contribution >= 4 is 46.3 Å². The normalized spacial score (nSPS) is 15.6. The molecule has 38 heavy (non-hydrogen) atoms. The van der Waals surface area contributed by atoms with E-state index < -0.39 is 11.9 Å². The summed E-state index contributed by atoms with van der Waals surface area (Å²) in [4.78, 5) is 28.0. The first-order valence-electron chi connectivity index (χ1n) is 11.7. The highest BCUT2D eigenvalue weighted by Gasteiger charge is 2.34. The number of rotatable bonds is 5. The Morgan fingerprint density at radius 2 is 1.76 bits per heavy atom. The molecular formula is C27H21ClN8O2. The highest BCUT2D eigenvalue weighted by molar-refractivity contribution is 6.31. The van der Waals surface area contributed by atoms with Crippen molar-refractivity contribution in [3.05, 3.63) is 107 Å². The van der Waals surface area contributed by atoms with E-state index >= 15 is 0 Å². The number of carbonyl (C=O) groups is 1. The number of nitrogens with two attached hydrogens (primary N) is 1. The minimum Gasteiger partial charge on any atom is -0.423 e. The van der Waals surface area contributed by atoms with Crippen LogP contribution in [-0.4, -0.2) is 31.6 Å². The number of hydrogen-bond donors (Lipinski definition) is 2. The summed E-state index contributed by atoms with van der Waals surface area (Å²) in [6.45, 7) is 1.82. The lowest BCUT2D eigenvalue weighted by Gasteiger charge is -2.34. The van der Waals surface area contributed by atoms with E-state index in [2.05, 4.69) is 20.4 Å². The van der Waals surface area contributed by atoms with Crippen molar-refractivity contribution in [3.63, 3.8) is 0 Å². The third-order valence-corrected chi connectivity index (χ3v) is 6.58. The van der Waals surface area contributed by atoms with Gasteiger partial charge in [0, 0.05) is 22.0 Å². The van der Waals surface area contributed by atoms with Crippen LogP contribution >= 0.6 is 11.6 Å². The molecule has 11 heteroatoms. The predicted molar refractivity (Wildman–Crippen MR) is 145 cm³/mol. The molecular weight excluding hydrogens is 504 g/mol.